The molecule has 0 spiro atoms. The average Bonchev–Trinajstić information content (AvgIpc) is 2.81. The number of pyridine rings is 1. The highest BCUT2D eigenvalue weighted by molar-refractivity contribution is 7.89. The largest absolute Gasteiger partial charge is 0.489 e. The summed E-state index contributed by atoms with van der Waals surface area (Å²) in [6.07, 6.45) is -3.45. The number of aromatic nitrogens is 1. The number of carboxylic acids is 1. The van der Waals surface area contributed by atoms with E-state index in [0.29, 0.717) is 16.9 Å². The molecule has 186 valence electrons. The molecule has 2 N–H and O–H groups in total. The van der Waals surface area contributed by atoms with Crippen LogP contribution in [0.15, 0.2) is 71.8 Å². The maximum Gasteiger partial charge on any atom is 0.433 e. The van der Waals surface area contributed by atoms with Crippen LogP contribution in [0, 0.1) is 5.92 Å². The second kappa shape index (κ2) is 10.4. The normalized spacial score (nSPS) is 13.0. The molecule has 0 saturated carbocycles. The number of carboxylic acid groups (broad SMARTS) is 1. The number of alkyl halides is 3. The van der Waals surface area contributed by atoms with Gasteiger partial charge in [-0.2, -0.15) is 17.9 Å². The molecule has 1 heterocycles. The van der Waals surface area contributed by atoms with Crippen molar-refractivity contribution in [2.24, 2.45) is 5.92 Å². The Hall–Kier alpha value is -3.44. The van der Waals surface area contributed by atoms with Crippen LogP contribution in [0.5, 0.6) is 5.75 Å². The molecule has 0 fully saturated rings. The maximum atomic E-state index is 12.8. The fourth-order valence-electron chi connectivity index (χ4n) is 3.16. The number of halogens is 3. The first kappa shape index (κ1) is 26.2. The third-order valence-electron chi connectivity index (χ3n) is 5.09. The number of aliphatic carboxylic acids is 1. The van der Waals surface area contributed by atoms with E-state index >= 15 is 0 Å². The van der Waals surface area contributed by atoms with Crippen molar-refractivity contribution in [3.8, 4) is 16.9 Å². The standard InChI is InChI=1S/C24H23F3N2O5S/c1-15(2)22(23(30)31)29-35(32,33)20-9-5-18(6-10-20)17-3-7-19(8-4-17)34-14-16-11-12-28-21(13-16)24(25,26)27/h3-13,15,22,29H,14H2,1-2H3,(H,30,31)/t22-/m1/s1. The zero-order valence-corrected chi connectivity index (χ0v) is 19.6. The van der Waals surface area contributed by atoms with E-state index in [1.165, 1.54) is 18.2 Å². The lowest BCUT2D eigenvalue weighted by Gasteiger charge is -2.18. The zero-order chi connectivity index (χ0) is 25.8. The van der Waals surface area contributed by atoms with Crippen LogP contribution in [0.1, 0.15) is 25.1 Å². The molecule has 0 unspecified atom stereocenters. The first-order valence-electron chi connectivity index (χ1n) is 10.5. The van der Waals surface area contributed by atoms with Crippen molar-refractivity contribution in [1.82, 2.24) is 9.71 Å². The highest BCUT2D eigenvalue weighted by atomic mass is 32.2. The molecule has 0 aliphatic carbocycles. The first-order chi connectivity index (χ1) is 16.4. The van der Waals surface area contributed by atoms with Crippen LogP contribution in [0.3, 0.4) is 0 Å². The van der Waals surface area contributed by atoms with Gasteiger partial charge in [0.05, 0.1) is 4.90 Å². The molecule has 0 aliphatic heterocycles. The van der Waals surface area contributed by atoms with Gasteiger partial charge in [0.2, 0.25) is 10.0 Å². The Kier molecular flexibility index (Phi) is 7.81. The van der Waals surface area contributed by atoms with Gasteiger partial charge >= 0.3 is 12.1 Å². The van der Waals surface area contributed by atoms with Crippen molar-refractivity contribution in [2.75, 3.05) is 0 Å². The molecule has 35 heavy (non-hydrogen) atoms. The van der Waals surface area contributed by atoms with Gasteiger partial charge in [-0.15, -0.1) is 0 Å². The average molecular weight is 509 g/mol. The summed E-state index contributed by atoms with van der Waals surface area (Å²) >= 11 is 0. The maximum absolute atomic E-state index is 12.8. The second-order valence-corrected chi connectivity index (χ2v) is 9.78. The van der Waals surface area contributed by atoms with Crippen LogP contribution >= 0.6 is 0 Å². The molecule has 0 amide bonds. The Morgan fingerprint density at radius 2 is 1.60 bits per heavy atom. The van der Waals surface area contributed by atoms with Crippen molar-refractivity contribution in [1.29, 1.82) is 0 Å². The van der Waals surface area contributed by atoms with Crippen molar-refractivity contribution >= 4 is 16.0 Å². The van der Waals surface area contributed by atoms with E-state index in [9.17, 15) is 31.5 Å². The second-order valence-electron chi connectivity index (χ2n) is 8.07. The fraction of sp³-hybridized carbons (Fsp3) is 0.250. The quantitative estimate of drug-likeness (QED) is 0.433. The number of rotatable bonds is 9. The van der Waals surface area contributed by atoms with Crippen LogP contribution in [0.2, 0.25) is 0 Å². The molecule has 0 saturated heterocycles. The summed E-state index contributed by atoms with van der Waals surface area (Å²) in [6.45, 7) is 3.14. The lowest BCUT2D eigenvalue weighted by Crippen LogP contribution is -2.44. The minimum Gasteiger partial charge on any atom is -0.489 e. The fourth-order valence-corrected chi connectivity index (χ4v) is 4.50. The SMILES string of the molecule is CC(C)[C@@H](NS(=O)(=O)c1ccc(-c2ccc(OCc3ccnc(C(F)(F)F)c3)cc2)cc1)C(=O)O. The number of nitrogens with one attached hydrogen (secondary N) is 1. The van der Waals surface area contributed by atoms with E-state index in [2.05, 4.69) is 9.71 Å². The molecule has 0 aliphatic rings. The third kappa shape index (κ3) is 6.80. The molecular weight excluding hydrogens is 485 g/mol. The van der Waals surface area contributed by atoms with Crippen molar-refractivity contribution in [2.45, 2.75) is 37.6 Å². The number of sulfonamides is 1. The Labute approximate surface area is 200 Å². The predicted molar refractivity (Wildman–Crippen MR) is 122 cm³/mol. The number of nitrogens with zero attached hydrogens (tertiary/aromatic N) is 1. The minimum absolute atomic E-state index is 0.0660. The van der Waals surface area contributed by atoms with Gasteiger partial charge in [0.15, 0.2) is 0 Å². The van der Waals surface area contributed by atoms with E-state index in [1.54, 1.807) is 50.2 Å². The summed E-state index contributed by atoms with van der Waals surface area (Å²) in [4.78, 5) is 14.6. The van der Waals surface area contributed by atoms with Gasteiger partial charge in [0, 0.05) is 6.20 Å². The molecule has 1 atom stereocenters. The molecule has 1 aromatic heterocycles. The van der Waals surface area contributed by atoms with Gasteiger partial charge in [0.1, 0.15) is 24.1 Å². The van der Waals surface area contributed by atoms with Crippen LogP contribution in [0.25, 0.3) is 11.1 Å². The van der Waals surface area contributed by atoms with E-state index < -0.39 is 39.8 Å². The van der Waals surface area contributed by atoms with E-state index in [-0.39, 0.29) is 11.5 Å². The Morgan fingerprint density at radius 3 is 2.11 bits per heavy atom. The van der Waals surface area contributed by atoms with Crippen molar-refractivity contribution < 1.29 is 36.2 Å². The highest BCUT2D eigenvalue weighted by Gasteiger charge is 2.32. The lowest BCUT2D eigenvalue weighted by atomic mass is 10.1. The molecule has 3 aromatic rings. The highest BCUT2D eigenvalue weighted by Crippen LogP contribution is 2.28. The summed E-state index contributed by atoms with van der Waals surface area (Å²) in [6, 6.07) is 13.8. The van der Waals surface area contributed by atoms with Gasteiger partial charge in [-0.3, -0.25) is 9.78 Å². The molecule has 0 radical (unpaired) electrons. The Bertz CT molecular complexity index is 1280. The van der Waals surface area contributed by atoms with Gasteiger partial charge in [0.25, 0.3) is 0 Å². The topological polar surface area (TPSA) is 106 Å². The Balaban J connectivity index is 1.67. The van der Waals surface area contributed by atoms with Gasteiger partial charge < -0.3 is 9.84 Å². The van der Waals surface area contributed by atoms with E-state index in [0.717, 1.165) is 17.8 Å². The summed E-state index contributed by atoms with van der Waals surface area (Å²) < 4.78 is 71.2. The molecule has 2 aromatic carbocycles. The molecule has 3 rings (SSSR count). The third-order valence-corrected chi connectivity index (χ3v) is 6.54. The van der Waals surface area contributed by atoms with Crippen molar-refractivity contribution in [3.63, 3.8) is 0 Å². The van der Waals surface area contributed by atoms with Gasteiger partial charge in [-0.1, -0.05) is 38.1 Å². The number of ether oxygens (including phenoxy) is 1. The summed E-state index contributed by atoms with van der Waals surface area (Å²) in [5.74, 6) is -1.25. The molecular formula is C24H23F3N2O5S. The van der Waals surface area contributed by atoms with Crippen LogP contribution in [-0.4, -0.2) is 30.5 Å². The van der Waals surface area contributed by atoms with Crippen LogP contribution in [-0.2, 0) is 27.6 Å². The number of hydrogen-bond donors (Lipinski definition) is 2. The van der Waals surface area contributed by atoms with Crippen LogP contribution in [0.4, 0.5) is 13.2 Å². The monoisotopic (exact) mass is 508 g/mol. The smallest absolute Gasteiger partial charge is 0.433 e. The summed E-state index contributed by atoms with van der Waals surface area (Å²) in [5, 5.41) is 9.23. The zero-order valence-electron chi connectivity index (χ0n) is 18.8. The summed E-state index contributed by atoms with van der Waals surface area (Å²) in [7, 11) is -4.03. The van der Waals surface area contributed by atoms with E-state index in [4.69, 9.17) is 4.74 Å². The number of hydrogen-bond acceptors (Lipinski definition) is 5. The van der Waals surface area contributed by atoms with Gasteiger partial charge in [-0.25, -0.2) is 8.42 Å². The predicted octanol–water partition coefficient (Wildman–Crippen LogP) is 4.73. The van der Waals surface area contributed by atoms with Gasteiger partial charge in [-0.05, 0) is 59.0 Å². The number of carbonyl (C=O) groups is 1. The number of benzene rings is 2. The lowest BCUT2D eigenvalue weighted by molar-refractivity contribution is -0.141. The van der Waals surface area contributed by atoms with Crippen molar-refractivity contribution in [3.05, 3.63) is 78.1 Å². The summed E-state index contributed by atoms with van der Waals surface area (Å²) in [5.41, 5.74) is 0.794. The first-order valence-corrected chi connectivity index (χ1v) is 12.0. The van der Waals surface area contributed by atoms with Crippen LogP contribution < -0.4 is 9.46 Å². The Morgan fingerprint density at radius 1 is 1.03 bits per heavy atom. The van der Waals surface area contributed by atoms with E-state index in [1.807, 2.05) is 0 Å². The molecule has 0 bridgehead atoms. The molecule has 11 heteroatoms. The minimum atomic E-state index is -4.53. The molecule has 7 nitrogen and oxygen atoms in total.